The van der Waals surface area contributed by atoms with E-state index in [2.05, 4.69) is 0 Å². The summed E-state index contributed by atoms with van der Waals surface area (Å²) >= 11 is 0. The molecule has 0 aliphatic carbocycles. The average Bonchev–Trinajstić information content (AvgIpc) is 2.12. The minimum Gasteiger partial charge on any atom is -0.480 e. The third-order valence-electron chi connectivity index (χ3n) is 2.57. The van der Waals surface area contributed by atoms with E-state index >= 15 is 0 Å². The van der Waals surface area contributed by atoms with Gasteiger partial charge in [-0.05, 0) is 13.8 Å². The number of rotatable bonds is 4. The van der Waals surface area contributed by atoms with Crippen molar-refractivity contribution in [3.63, 3.8) is 0 Å². The van der Waals surface area contributed by atoms with Gasteiger partial charge >= 0.3 is 5.97 Å². The van der Waals surface area contributed by atoms with Crippen molar-refractivity contribution in [1.29, 1.82) is 0 Å². The minimum absolute atomic E-state index is 0.00195. The maximum Gasteiger partial charge on any atom is 0.329 e. The van der Waals surface area contributed by atoms with Crippen LogP contribution in [0.3, 0.4) is 0 Å². The third kappa shape index (κ3) is 4.02. The van der Waals surface area contributed by atoms with Gasteiger partial charge in [-0.2, -0.15) is 0 Å². The molecule has 94 valence electrons. The number of ether oxygens (including phenoxy) is 1. The SMILES string of the molecule is CC(C)N1CC(OCC(=O)O)CC(F)(F)C1. The van der Waals surface area contributed by atoms with Gasteiger partial charge in [0.25, 0.3) is 5.92 Å². The van der Waals surface area contributed by atoms with Crippen LogP contribution in [0.4, 0.5) is 8.78 Å². The van der Waals surface area contributed by atoms with E-state index in [0.717, 1.165) is 0 Å². The van der Waals surface area contributed by atoms with Gasteiger partial charge in [0.05, 0.1) is 12.6 Å². The zero-order chi connectivity index (χ0) is 12.3. The van der Waals surface area contributed by atoms with Crippen LogP contribution in [0.25, 0.3) is 0 Å². The van der Waals surface area contributed by atoms with Crippen molar-refractivity contribution in [2.24, 2.45) is 0 Å². The van der Waals surface area contributed by atoms with E-state index < -0.39 is 31.0 Å². The fourth-order valence-electron chi connectivity index (χ4n) is 1.78. The second-order valence-electron chi connectivity index (χ2n) is 4.41. The van der Waals surface area contributed by atoms with E-state index in [1.165, 1.54) is 0 Å². The Morgan fingerprint density at radius 1 is 1.62 bits per heavy atom. The molecule has 1 N–H and O–H groups in total. The van der Waals surface area contributed by atoms with E-state index in [9.17, 15) is 13.6 Å². The summed E-state index contributed by atoms with van der Waals surface area (Å²) < 4.78 is 31.6. The van der Waals surface area contributed by atoms with E-state index in [4.69, 9.17) is 9.84 Å². The van der Waals surface area contributed by atoms with Crippen LogP contribution in [0.1, 0.15) is 20.3 Å². The van der Waals surface area contributed by atoms with Crippen LogP contribution in [0.5, 0.6) is 0 Å². The number of carboxylic acid groups (broad SMARTS) is 1. The first-order valence-electron chi connectivity index (χ1n) is 5.25. The molecule has 1 aliphatic rings. The minimum atomic E-state index is -2.80. The number of aliphatic carboxylic acids is 1. The number of halogens is 2. The summed E-state index contributed by atoms with van der Waals surface area (Å²) in [5, 5.41) is 8.42. The fraction of sp³-hybridized carbons (Fsp3) is 0.900. The van der Waals surface area contributed by atoms with Gasteiger partial charge in [0.2, 0.25) is 0 Å². The maximum atomic E-state index is 13.3. The lowest BCUT2D eigenvalue weighted by molar-refractivity contribution is -0.156. The lowest BCUT2D eigenvalue weighted by atomic mass is 10.0. The van der Waals surface area contributed by atoms with Gasteiger partial charge in [-0.1, -0.05) is 0 Å². The molecule has 4 nitrogen and oxygen atoms in total. The number of carbonyl (C=O) groups is 1. The first-order chi connectivity index (χ1) is 7.30. The molecule has 0 bridgehead atoms. The summed E-state index contributed by atoms with van der Waals surface area (Å²) in [4.78, 5) is 11.9. The van der Waals surface area contributed by atoms with Crippen LogP contribution in [0.2, 0.25) is 0 Å². The van der Waals surface area contributed by atoms with Crippen molar-refractivity contribution in [3.8, 4) is 0 Å². The lowest BCUT2D eigenvalue weighted by Crippen LogP contribution is -2.52. The van der Waals surface area contributed by atoms with Crippen molar-refractivity contribution in [2.45, 2.75) is 38.3 Å². The van der Waals surface area contributed by atoms with Crippen LogP contribution >= 0.6 is 0 Å². The molecule has 0 saturated carbocycles. The monoisotopic (exact) mass is 237 g/mol. The number of likely N-dealkylation sites (tertiary alicyclic amines) is 1. The summed E-state index contributed by atoms with van der Waals surface area (Å²) in [5.74, 6) is -3.93. The molecule has 6 heteroatoms. The Bertz CT molecular complexity index is 258. The normalized spacial score (nSPS) is 25.9. The number of nitrogens with zero attached hydrogens (tertiary/aromatic N) is 1. The van der Waals surface area contributed by atoms with Crippen LogP contribution in [-0.2, 0) is 9.53 Å². The summed E-state index contributed by atoms with van der Waals surface area (Å²) in [6.07, 6.45) is -1.11. The number of hydrogen-bond acceptors (Lipinski definition) is 3. The van der Waals surface area contributed by atoms with Crippen LogP contribution in [0.15, 0.2) is 0 Å². The molecule has 1 rings (SSSR count). The second-order valence-corrected chi connectivity index (χ2v) is 4.41. The Kier molecular flexibility index (Phi) is 4.21. The molecule has 1 atom stereocenters. The molecule has 0 radical (unpaired) electrons. The van der Waals surface area contributed by atoms with Gasteiger partial charge < -0.3 is 9.84 Å². The molecule has 0 amide bonds. The fourth-order valence-corrected chi connectivity index (χ4v) is 1.78. The van der Waals surface area contributed by atoms with Gasteiger partial charge in [0.15, 0.2) is 0 Å². The first kappa shape index (κ1) is 13.3. The molecular formula is C10H17F2NO3. The highest BCUT2D eigenvalue weighted by atomic mass is 19.3. The van der Waals surface area contributed by atoms with Crippen LogP contribution in [-0.4, -0.2) is 53.7 Å². The summed E-state index contributed by atoms with van der Waals surface area (Å²) in [5.41, 5.74) is 0. The van der Waals surface area contributed by atoms with Crippen molar-refractivity contribution in [1.82, 2.24) is 4.90 Å². The molecule has 0 aromatic carbocycles. The van der Waals surface area contributed by atoms with Gasteiger partial charge in [0, 0.05) is 19.0 Å². The molecule has 0 spiro atoms. The molecule has 1 unspecified atom stereocenters. The Labute approximate surface area is 93.2 Å². The Morgan fingerprint density at radius 2 is 2.25 bits per heavy atom. The highest BCUT2D eigenvalue weighted by molar-refractivity contribution is 5.68. The zero-order valence-corrected chi connectivity index (χ0v) is 9.45. The summed E-state index contributed by atoms with van der Waals surface area (Å²) in [7, 11) is 0. The zero-order valence-electron chi connectivity index (χ0n) is 9.45. The Balaban J connectivity index is 2.54. The van der Waals surface area contributed by atoms with Crippen molar-refractivity contribution in [3.05, 3.63) is 0 Å². The largest absolute Gasteiger partial charge is 0.480 e. The molecular weight excluding hydrogens is 220 g/mol. The molecule has 1 fully saturated rings. The smallest absolute Gasteiger partial charge is 0.329 e. The Hall–Kier alpha value is -0.750. The van der Waals surface area contributed by atoms with Gasteiger partial charge in [-0.25, -0.2) is 13.6 Å². The predicted octanol–water partition coefficient (Wildman–Crippen LogP) is 1.21. The topological polar surface area (TPSA) is 49.8 Å². The number of alkyl halides is 2. The van der Waals surface area contributed by atoms with Crippen molar-refractivity contribution in [2.75, 3.05) is 19.7 Å². The number of hydrogen-bond donors (Lipinski definition) is 1. The molecule has 1 aliphatic heterocycles. The van der Waals surface area contributed by atoms with Crippen molar-refractivity contribution >= 4 is 5.97 Å². The van der Waals surface area contributed by atoms with E-state index in [1.807, 2.05) is 13.8 Å². The Morgan fingerprint density at radius 3 is 2.75 bits per heavy atom. The second kappa shape index (κ2) is 5.05. The predicted molar refractivity (Wildman–Crippen MR) is 53.6 cm³/mol. The average molecular weight is 237 g/mol. The third-order valence-corrected chi connectivity index (χ3v) is 2.57. The molecule has 1 heterocycles. The molecule has 0 aromatic rings. The maximum absolute atomic E-state index is 13.3. The summed E-state index contributed by atoms with van der Waals surface area (Å²) in [6.45, 7) is 3.22. The van der Waals surface area contributed by atoms with Crippen LogP contribution < -0.4 is 0 Å². The van der Waals surface area contributed by atoms with E-state index in [1.54, 1.807) is 4.90 Å². The highest BCUT2D eigenvalue weighted by Gasteiger charge is 2.41. The highest BCUT2D eigenvalue weighted by Crippen LogP contribution is 2.29. The first-order valence-corrected chi connectivity index (χ1v) is 5.25. The number of carboxylic acids is 1. The van der Waals surface area contributed by atoms with Crippen LogP contribution in [0, 0.1) is 0 Å². The van der Waals surface area contributed by atoms with Crippen molar-refractivity contribution < 1.29 is 23.4 Å². The lowest BCUT2D eigenvalue weighted by Gasteiger charge is -2.39. The van der Waals surface area contributed by atoms with E-state index in [0.29, 0.717) is 6.54 Å². The van der Waals surface area contributed by atoms with Gasteiger partial charge in [0.1, 0.15) is 6.61 Å². The number of piperidine rings is 1. The molecule has 16 heavy (non-hydrogen) atoms. The summed E-state index contributed by atoms with van der Waals surface area (Å²) in [6, 6.07) is 0.00195. The molecule has 0 aromatic heterocycles. The van der Waals surface area contributed by atoms with E-state index in [-0.39, 0.29) is 12.6 Å². The quantitative estimate of drug-likeness (QED) is 0.798. The standard InChI is InChI=1S/C10H17F2NO3/c1-7(2)13-4-8(16-5-9(14)15)3-10(11,12)6-13/h7-8H,3-6H2,1-2H3,(H,14,15). The van der Waals surface area contributed by atoms with Gasteiger partial charge in [-0.3, -0.25) is 4.90 Å². The van der Waals surface area contributed by atoms with Gasteiger partial charge in [-0.15, -0.1) is 0 Å². The molecule has 1 saturated heterocycles.